The van der Waals surface area contributed by atoms with Crippen molar-refractivity contribution >= 4 is 11.6 Å². The summed E-state index contributed by atoms with van der Waals surface area (Å²) in [6, 6.07) is 3.96. The summed E-state index contributed by atoms with van der Waals surface area (Å²) in [5.74, 6) is 0. The molecule has 4 heteroatoms. The maximum Gasteiger partial charge on any atom is 0.198 e. The van der Waals surface area contributed by atoms with Crippen molar-refractivity contribution in [2.75, 3.05) is 7.05 Å². The lowest BCUT2D eigenvalue weighted by Gasteiger charge is -2.15. The normalized spacial score (nSPS) is 12.7. The minimum Gasteiger partial charge on any atom is -0.453 e. The van der Waals surface area contributed by atoms with Crippen LogP contribution in [0.15, 0.2) is 35.2 Å². The third kappa shape index (κ3) is 2.10. The molecule has 1 unspecified atom stereocenters. The second-order valence-corrected chi connectivity index (χ2v) is 4.01. The molecule has 16 heavy (non-hydrogen) atoms. The molecule has 3 nitrogen and oxygen atoms in total. The van der Waals surface area contributed by atoms with E-state index in [9.17, 15) is 0 Å². The van der Waals surface area contributed by atoms with E-state index in [0.29, 0.717) is 5.22 Å². The van der Waals surface area contributed by atoms with Crippen molar-refractivity contribution in [2.24, 2.45) is 0 Å². The monoisotopic (exact) mass is 236 g/mol. The van der Waals surface area contributed by atoms with Crippen LogP contribution in [0.3, 0.4) is 0 Å². The van der Waals surface area contributed by atoms with Crippen molar-refractivity contribution in [3.63, 3.8) is 0 Å². The maximum absolute atomic E-state index is 5.98. The minimum atomic E-state index is 0.0126. The average Bonchev–Trinajstić information content (AvgIpc) is 2.67. The molecule has 0 aromatic carbocycles. The summed E-state index contributed by atoms with van der Waals surface area (Å²) in [6.07, 6.45) is 5.25. The molecule has 0 spiro atoms. The van der Waals surface area contributed by atoms with Crippen LogP contribution in [0.25, 0.3) is 0 Å². The highest BCUT2D eigenvalue weighted by atomic mass is 35.5. The predicted molar refractivity (Wildman–Crippen MR) is 63.6 cm³/mol. The molecule has 2 aromatic heterocycles. The second-order valence-electron chi connectivity index (χ2n) is 3.67. The number of aromatic nitrogens is 1. The highest BCUT2D eigenvalue weighted by Crippen LogP contribution is 2.28. The van der Waals surface area contributed by atoms with Crippen molar-refractivity contribution in [1.82, 2.24) is 10.3 Å². The van der Waals surface area contributed by atoms with Gasteiger partial charge < -0.3 is 9.73 Å². The Bertz CT molecular complexity index is 481. The van der Waals surface area contributed by atoms with E-state index in [0.717, 1.165) is 16.7 Å². The van der Waals surface area contributed by atoms with Crippen LogP contribution in [0.4, 0.5) is 0 Å². The lowest BCUT2D eigenvalue weighted by atomic mass is 10.0. The number of nitrogens with one attached hydrogen (secondary N) is 1. The van der Waals surface area contributed by atoms with Crippen molar-refractivity contribution < 1.29 is 4.42 Å². The van der Waals surface area contributed by atoms with Gasteiger partial charge in [0.15, 0.2) is 5.22 Å². The number of halogens is 1. The van der Waals surface area contributed by atoms with E-state index in [2.05, 4.69) is 16.4 Å². The first kappa shape index (κ1) is 11.2. The van der Waals surface area contributed by atoms with E-state index in [1.165, 1.54) is 0 Å². The zero-order valence-electron chi connectivity index (χ0n) is 9.20. The molecule has 0 radical (unpaired) electrons. The summed E-state index contributed by atoms with van der Waals surface area (Å²) in [7, 11) is 1.89. The zero-order chi connectivity index (χ0) is 11.5. The Balaban J connectivity index is 2.40. The lowest BCUT2D eigenvalue weighted by molar-refractivity contribution is 0.559. The van der Waals surface area contributed by atoms with Crippen molar-refractivity contribution in [3.05, 3.63) is 52.7 Å². The minimum absolute atomic E-state index is 0.0126. The quantitative estimate of drug-likeness (QED) is 0.891. The van der Waals surface area contributed by atoms with Crippen LogP contribution >= 0.6 is 11.6 Å². The van der Waals surface area contributed by atoms with Gasteiger partial charge in [0.05, 0.1) is 12.3 Å². The fourth-order valence-electron chi connectivity index (χ4n) is 1.75. The Morgan fingerprint density at radius 3 is 2.81 bits per heavy atom. The standard InChI is InChI=1S/C12H13ClN2O/c1-8-5-9(7-15-6-8)11(14-2)10-3-4-16-12(10)13/h3-7,11,14H,1-2H3. The van der Waals surface area contributed by atoms with Gasteiger partial charge in [0.1, 0.15) is 0 Å². The van der Waals surface area contributed by atoms with Gasteiger partial charge in [0.2, 0.25) is 0 Å². The maximum atomic E-state index is 5.98. The van der Waals surface area contributed by atoms with Gasteiger partial charge in [-0.15, -0.1) is 0 Å². The highest BCUT2D eigenvalue weighted by Gasteiger charge is 2.17. The van der Waals surface area contributed by atoms with Gasteiger partial charge in [-0.1, -0.05) is 6.07 Å². The SMILES string of the molecule is CNC(c1cncc(C)c1)c1ccoc1Cl. The van der Waals surface area contributed by atoms with Crippen LogP contribution in [0.1, 0.15) is 22.7 Å². The molecule has 2 aromatic rings. The third-order valence-corrected chi connectivity index (χ3v) is 2.78. The molecular formula is C12H13ClN2O. The fourth-order valence-corrected chi connectivity index (χ4v) is 1.97. The Kier molecular flexibility index (Phi) is 3.27. The summed E-state index contributed by atoms with van der Waals surface area (Å²) in [4.78, 5) is 4.18. The third-order valence-electron chi connectivity index (χ3n) is 2.48. The van der Waals surface area contributed by atoms with Gasteiger partial charge in [0.25, 0.3) is 0 Å². The number of furan rings is 1. The van der Waals surface area contributed by atoms with E-state index in [4.69, 9.17) is 16.0 Å². The van der Waals surface area contributed by atoms with Gasteiger partial charge in [-0.3, -0.25) is 4.98 Å². The van der Waals surface area contributed by atoms with Crippen molar-refractivity contribution in [1.29, 1.82) is 0 Å². The van der Waals surface area contributed by atoms with Gasteiger partial charge >= 0.3 is 0 Å². The number of hydrogen-bond donors (Lipinski definition) is 1. The molecule has 0 fully saturated rings. The van der Waals surface area contributed by atoms with E-state index < -0.39 is 0 Å². The van der Waals surface area contributed by atoms with E-state index >= 15 is 0 Å². The topological polar surface area (TPSA) is 38.1 Å². The molecule has 0 saturated heterocycles. The molecule has 0 saturated carbocycles. The summed E-state index contributed by atoms with van der Waals surface area (Å²) >= 11 is 5.98. The van der Waals surface area contributed by atoms with Crippen molar-refractivity contribution in [3.8, 4) is 0 Å². The summed E-state index contributed by atoms with van der Waals surface area (Å²) in [5, 5.41) is 3.62. The van der Waals surface area contributed by atoms with Crippen LogP contribution in [-0.2, 0) is 0 Å². The Labute approximate surface area is 99.5 Å². The second kappa shape index (κ2) is 4.68. The van der Waals surface area contributed by atoms with Gasteiger partial charge in [-0.2, -0.15) is 0 Å². The first-order valence-corrected chi connectivity index (χ1v) is 5.42. The van der Waals surface area contributed by atoms with Crippen LogP contribution in [0, 0.1) is 6.92 Å². The van der Waals surface area contributed by atoms with E-state index in [1.807, 2.05) is 32.4 Å². The van der Waals surface area contributed by atoms with E-state index in [-0.39, 0.29) is 6.04 Å². The van der Waals surface area contributed by atoms with Crippen molar-refractivity contribution in [2.45, 2.75) is 13.0 Å². The molecule has 2 rings (SSSR count). The Hall–Kier alpha value is -1.32. The summed E-state index contributed by atoms with van der Waals surface area (Å²) < 4.78 is 5.10. The molecule has 0 aliphatic rings. The smallest absolute Gasteiger partial charge is 0.198 e. The number of rotatable bonds is 3. The Morgan fingerprint density at radius 2 is 2.25 bits per heavy atom. The molecule has 0 aliphatic heterocycles. The van der Waals surface area contributed by atoms with E-state index in [1.54, 1.807) is 6.26 Å². The Morgan fingerprint density at radius 1 is 1.44 bits per heavy atom. The summed E-state index contributed by atoms with van der Waals surface area (Å²) in [5.41, 5.74) is 3.12. The average molecular weight is 237 g/mol. The molecule has 0 aliphatic carbocycles. The van der Waals surface area contributed by atoms with Crippen LogP contribution in [-0.4, -0.2) is 12.0 Å². The molecule has 1 N–H and O–H groups in total. The molecular weight excluding hydrogens is 224 g/mol. The summed E-state index contributed by atoms with van der Waals surface area (Å²) in [6.45, 7) is 2.01. The molecule has 1 atom stereocenters. The van der Waals surface area contributed by atoms with Crippen LogP contribution in [0.2, 0.25) is 5.22 Å². The van der Waals surface area contributed by atoms with Gasteiger partial charge in [-0.05, 0) is 42.8 Å². The first-order valence-electron chi connectivity index (χ1n) is 5.04. The number of aryl methyl sites for hydroxylation is 1. The molecule has 0 bridgehead atoms. The van der Waals surface area contributed by atoms with Crippen LogP contribution < -0.4 is 5.32 Å². The largest absolute Gasteiger partial charge is 0.453 e. The zero-order valence-corrected chi connectivity index (χ0v) is 9.95. The lowest BCUT2D eigenvalue weighted by Crippen LogP contribution is -2.17. The highest BCUT2D eigenvalue weighted by molar-refractivity contribution is 6.29. The molecule has 84 valence electrons. The van der Waals surface area contributed by atoms with Gasteiger partial charge in [-0.25, -0.2) is 0 Å². The number of hydrogen-bond acceptors (Lipinski definition) is 3. The number of nitrogens with zero attached hydrogens (tertiary/aromatic N) is 1. The molecule has 0 amide bonds. The van der Waals surface area contributed by atoms with Crippen LogP contribution in [0.5, 0.6) is 0 Å². The van der Waals surface area contributed by atoms with Gasteiger partial charge in [0, 0.05) is 18.0 Å². The number of pyridine rings is 1. The first-order chi connectivity index (χ1) is 7.72. The fraction of sp³-hybridized carbons (Fsp3) is 0.250. The molecule has 2 heterocycles. The predicted octanol–water partition coefficient (Wildman–Crippen LogP) is 2.95.